The molecule has 4 aromatic rings. The highest BCUT2D eigenvalue weighted by Crippen LogP contribution is 2.29. The van der Waals surface area contributed by atoms with Crippen LogP contribution in [0.1, 0.15) is 24.1 Å². The van der Waals surface area contributed by atoms with Gasteiger partial charge in [0.1, 0.15) is 5.69 Å². The number of aryl methyl sites for hydroxylation is 1. The van der Waals surface area contributed by atoms with Crippen LogP contribution in [-0.2, 0) is 11.3 Å². The smallest absolute Gasteiger partial charge is 0.178 e. The summed E-state index contributed by atoms with van der Waals surface area (Å²) in [5, 5.41) is 16.6. The number of hydrogen-bond donors (Lipinski definition) is 1. The summed E-state index contributed by atoms with van der Waals surface area (Å²) in [7, 11) is 1.59. The van der Waals surface area contributed by atoms with Gasteiger partial charge in [-0.2, -0.15) is 9.61 Å². The van der Waals surface area contributed by atoms with E-state index < -0.39 is 0 Å². The maximum absolute atomic E-state index is 5.01. The molecule has 0 aliphatic heterocycles. The monoisotopic (exact) mass is 414 g/mol. The molecule has 0 saturated carbocycles. The number of hydrogen-bond acceptors (Lipinski definition) is 8. The summed E-state index contributed by atoms with van der Waals surface area (Å²) in [6, 6.07) is 9.64. The lowest BCUT2D eigenvalue weighted by Gasteiger charge is -2.10. The van der Waals surface area contributed by atoms with Crippen molar-refractivity contribution in [1.82, 2.24) is 29.8 Å². The van der Waals surface area contributed by atoms with Crippen LogP contribution in [-0.4, -0.2) is 43.1 Å². The number of nitrogens with one attached hydrogen (secondary N) is 1. The van der Waals surface area contributed by atoms with E-state index in [2.05, 4.69) is 30.5 Å². The Balaban J connectivity index is 1.63. The fourth-order valence-corrected chi connectivity index (χ4v) is 3.02. The molecule has 0 spiro atoms. The van der Waals surface area contributed by atoms with Gasteiger partial charge in [-0.15, -0.1) is 10.2 Å². The second kappa shape index (κ2) is 9.12. The minimum absolute atomic E-state index is 0.410. The number of anilines is 1. The molecule has 0 atom stereocenters. The first-order valence-electron chi connectivity index (χ1n) is 9.75. The maximum Gasteiger partial charge on any atom is 0.178 e. The molecule has 156 valence electrons. The average molecular weight is 414 g/mol. The predicted octanol–water partition coefficient (Wildman–Crippen LogP) is 3.84. The highest BCUT2D eigenvalue weighted by Gasteiger charge is 2.11. The Morgan fingerprint density at radius 2 is 2.03 bits per heavy atom. The van der Waals surface area contributed by atoms with Crippen LogP contribution in [0.5, 0.6) is 0 Å². The highest BCUT2D eigenvalue weighted by molar-refractivity contribution is 5.78. The van der Waals surface area contributed by atoms with Gasteiger partial charge in [-0.05, 0) is 44.2 Å². The van der Waals surface area contributed by atoms with Crippen molar-refractivity contribution in [3.8, 4) is 11.3 Å². The van der Waals surface area contributed by atoms with E-state index in [1.165, 1.54) is 0 Å². The molecule has 4 aromatic heterocycles. The van der Waals surface area contributed by atoms with Gasteiger partial charge in [0.15, 0.2) is 11.5 Å². The minimum atomic E-state index is 0.410. The Bertz CT molecular complexity index is 1240. The van der Waals surface area contributed by atoms with E-state index in [0.717, 1.165) is 22.6 Å². The van der Waals surface area contributed by atoms with Gasteiger partial charge in [0.25, 0.3) is 0 Å². The Morgan fingerprint density at radius 3 is 2.81 bits per heavy atom. The second-order valence-corrected chi connectivity index (χ2v) is 6.66. The van der Waals surface area contributed by atoms with E-state index in [4.69, 9.17) is 9.84 Å². The van der Waals surface area contributed by atoms with E-state index in [9.17, 15) is 0 Å². The Hall–Kier alpha value is -4.14. The molecule has 0 aliphatic carbocycles. The number of methoxy groups -OCH3 is 1. The minimum Gasteiger partial charge on any atom is -0.504 e. The van der Waals surface area contributed by atoms with Gasteiger partial charge < -0.3 is 10.1 Å². The second-order valence-electron chi connectivity index (χ2n) is 6.66. The molecule has 0 radical (unpaired) electrons. The number of aromatic nitrogens is 6. The molecule has 1 N–H and O–H groups in total. The third-order valence-electron chi connectivity index (χ3n) is 4.54. The summed E-state index contributed by atoms with van der Waals surface area (Å²) < 4.78 is 6.75. The van der Waals surface area contributed by atoms with Crippen molar-refractivity contribution >= 4 is 29.3 Å². The van der Waals surface area contributed by atoms with Crippen LogP contribution in [0.4, 0.5) is 11.4 Å². The average Bonchev–Trinajstić information content (AvgIpc) is 3.20. The van der Waals surface area contributed by atoms with Crippen LogP contribution in [0, 0.1) is 6.92 Å². The molecule has 4 rings (SSSR count). The summed E-state index contributed by atoms with van der Waals surface area (Å²) >= 11 is 0. The SMILES string of the molecule is CC=Nc1c(NCc2nnc3ccc(-c4ccc(C)nc4)nn23)ccnc1/C=C/OC. The number of fused-ring (bicyclic) bond motifs is 1. The van der Waals surface area contributed by atoms with Crippen molar-refractivity contribution in [2.75, 3.05) is 12.4 Å². The van der Waals surface area contributed by atoms with Crippen molar-refractivity contribution in [3.05, 3.63) is 66.2 Å². The zero-order valence-corrected chi connectivity index (χ0v) is 17.5. The van der Waals surface area contributed by atoms with Gasteiger partial charge in [0.2, 0.25) is 0 Å². The number of ether oxygens (including phenoxy) is 1. The number of rotatable bonds is 7. The van der Waals surface area contributed by atoms with Gasteiger partial charge in [0, 0.05) is 35.9 Å². The fraction of sp³-hybridized carbons (Fsp3) is 0.182. The Kier molecular flexibility index (Phi) is 5.93. The van der Waals surface area contributed by atoms with E-state index in [1.807, 2.05) is 50.4 Å². The lowest BCUT2D eigenvalue weighted by Crippen LogP contribution is -2.07. The summed E-state index contributed by atoms with van der Waals surface area (Å²) in [4.78, 5) is 13.2. The van der Waals surface area contributed by atoms with Crippen molar-refractivity contribution in [1.29, 1.82) is 0 Å². The molecule has 9 nitrogen and oxygen atoms in total. The summed E-state index contributed by atoms with van der Waals surface area (Å²) in [5.74, 6) is 0.675. The third-order valence-corrected chi connectivity index (χ3v) is 4.54. The molecule has 0 aromatic carbocycles. The van der Waals surface area contributed by atoms with Gasteiger partial charge in [-0.25, -0.2) is 0 Å². The molecule has 0 fully saturated rings. The normalized spacial score (nSPS) is 11.6. The maximum atomic E-state index is 5.01. The first kappa shape index (κ1) is 20.1. The van der Waals surface area contributed by atoms with Crippen LogP contribution >= 0.6 is 0 Å². The van der Waals surface area contributed by atoms with Crippen LogP contribution in [0.15, 0.2) is 54.0 Å². The quantitative estimate of drug-likeness (QED) is 0.362. The van der Waals surface area contributed by atoms with Crippen molar-refractivity contribution in [3.63, 3.8) is 0 Å². The molecule has 0 unspecified atom stereocenters. The first-order chi connectivity index (χ1) is 15.2. The van der Waals surface area contributed by atoms with Crippen molar-refractivity contribution in [2.24, 2.45) is 4.99 Å². The van der Waals surface area contributed by atoms with Crippen LogP contribution < -0.4 is 5.32 Å². The van der Waals surface area contributed by atoms with Gasteiger partial charge in [-0.1, -0.05) is 0 Å². The van der Waals surface area contributed by atoms with Crippen molar-refractivity contribution in [2.45, 2.75) is 20.4 Å². The molecule has 0 aliphatic rings. The predicted molar refractivity (Wildman–Crippen MR) is 120 cm³/mol. The molecular weight excluding hydrogens is 392 g/mol. The van der Waals surface area contributed by atoms with Gasteiger partial charge in [-0.3, -0.25) is 15.0 Å². The van der Waals surface area contributed by atoms with Crippen molar-refractivity contribution < 1.29 is 4.74 Å². The molecule has 31 heavy (non-hydrogen) atoms. The van der Waals surface area contributed by atoms with E-state index in [0.29, 0.717) is 29.4 Å². The van der Waals surface area contributed by atoms with E-state index in [-0.39, 0.29) is 0 Å². The van der Waals surface area contributed by atoms with Gasteiger partial charge in [0.05, 0.1) is 37.0 Å². The third kappa shape index (κ3) is 4.40. The first-order valence-corrected chi connectivity index (χ1v) is 9.75. The van der Waals surface area contributed by atoms with Crippen LogP contribution in [0.3, 0.4) is 0 Å². The van der Waals surface area contributed by atoms with E-state index >= 15 is 0 Å². The molecule has 0 amide bonds. The lowest BCUT2D eigenvalue weighted by molar-refractivity contribution is 0.341. The van der Waals surface area contributed by atoms with E-state index in [1.54, 1.807) is 36.4 Å². The topological polar surface area (TPSA) is 102 Å². The molecule has 0 saturated heterocycles. The Labute approximate surface area is 179 Å². The van der Waals surface area contributed by atoms with Gasteiger partial charge >= 0.3 is 0 Å². The lowest BCUT2D eigenvalue weighted by atomic mass is 10.2. The molecule has 4 heterocycles. The zero-order chi connectivity index (χ0) is 21.6. The largest absolute Gasteiger partial charge is 0.504 e. The summed E-state index contributed by atoms with van der Waals surface area (Å²) in [6.07, 6.45) is 8.59. The molecular formula is C22H22N8O. The Morgan fingerprint density at radius 1 is 1.13 bits per heavy atom. The number of pyridine rings is 2. The molecule has 9 heteroatoms. The molecule has 0 bridgehead atoms. The summed E-state index contributed by atoms with van der Waals surface area (Å²) in [6.45, 7) is 4.22. The number of nitrogens with zero attached hydrogens (tertiary/aromatic N) is 7. The standard InChI is InChI=1S/C22H22N8O/c1-4-23-22-18(9-11-24-19(22)10-12-31-3)26-14-21-28-27-20-8-7-17(29-30(20)21)16-6-5-15(2)25-13-16/h4-13H,14H2,1-3H3,(H,24,26)/b12-10+,23-4?. The summed E-state index contributed by atoms with van der Waals surface area (Å²) in [5.41, 5.74) is 5.60. The number of aliphatic imine (C=N–C) groups is 1. The zero-order valence-electron chi connectivity index (χ0n) is 17.5. The van der Waals surface area contributed by atoms with Crippen LogP contribution in [0.2, 0.25) is 0 Å². The van der Waals surface area contributed by atoms with Crippen LogP contribution in [0.25, 0.3) is 23.0 Å². The highest BCUT2D eigenvalue weighted by atomic mass is 16.5. The fourth-order valence-electron chi connectivity index (χ4n) is 3.02.